The Hall–Kier alpha value is -0.900. The average Bonchev–Trinajstić information content (AvgIpc) is 2.29. The van der Waals surface area contributed by atoms with Crippen molar-refractivity contribution in [3.63, 3.8) is 0 Å². The Kier molecular flexibility index (Phi) is 5.46. The highest BCUT2D eigenvalue weighted by molar-refractivity contribution is 5.84. The molecule has 1 saturated carbocycles. The van der Waals surface area contributed by atoms with Crippen molar-refractivity contribution in [2.45, 2.75) is 32.1 Å². The molecule has 16 heavy (non-hydrogen) atoms. The van der Waals surface area contributed by atoms with Crippen molar-refractivity contribution in [3.05, 3.63) is 0 Å². The zero-order valence-electron chi connectivity index (χ0n) is 10.3. The molecule has 1 amide bonds. The minimum atomic E-state index is -0.0426. The summed E-state index contributed by atoms with van der Waals surface area (Å²) in [6.07, 6.45) is 5.68. The van der Waals surface area contributed by atoms with E-state index in [-0.39, 0.29) is 11.8 Å². The van der Waals surface area contributed by atoms with Gasteiger partial charge < -0.3 is 5.32 Å². The minimum Gasteiger partial charge on any atom is -0.358 e. The van der Waals surface area contributed by atoms with Gasteiger partial charge in [-0.3, -0.25) is 14.5 Å². The van der Waals surface area contributed by atoms with Gasteiger partial charge in [0.25, 0.3) is 0 Å². The van der Waals surface area contributed by atoms with Crippen molar-refractivity contribution in [3.8, 4) is 0 Å². The Morgan fingerprint density at radius 3 is 2.38 bits per heavy atom. The third-order valence-electron chi connectivity index (χ3n) is 3.18. The van der Waals surface area contributed by atoms with Crippen molar-refractivity contribution >= 4 is 11.7 Å². The predicted octanol–water partition coefficient (Wildman–Crippen LogP) is 0.814. The normalized spacial score (nSPS) is 17.4. The largest absolute Gasteiger partial charge is 0.358 e. The van der Waals surface area contributed by atoms with Crippen LogP contribution in [0.1, 0.15) is 32.1 Å². The molecule has 0 heterocycles. The van der Waals surface area contributed by atoms with Gasteiger partial charge in [-0.1, -0.05) is 19.3 Å². The van der Waals surface area contributed by atoms with Crippen LogP contribution in [-0.2, 0) is 9.59 Å². The SMILES string of the molecule is CNC(=O)CN(C)CC(=O)C1CCCCC1. The van der Waals surface area contributed by atoms with E-state index in [4.69, 9.17) is 0 Å². The summed E-state index contributed by atoms with van der Waals surface area (Å²) in [6, 6.07) is 0. The van der Waals surface area contributed by atoms with Crippen molar-refractivity contribution in [1.29, 1.82) is 0 Å². The topological polar surface area (TPSA) is 49.4 Å². The van der Waals surface area contributed by atoms with Crippen LogP contribution >= 0.6 is 0 Å². The number of ketones is 1. The molecule has 92 valence electrons. The zero-order valence-corrected chi connectivity index (χ0v) is 10.3. The molecule has 1 aliphatic rings. The summed E-state index contributed by atoms with van der Waals surface area (Å²) in [5.41, 5.74) is 0. The number of Topliss-reactive ketones (excluding diaryl/α,β-unsaturated/α-hetero) is 1. The lowest BCUT2D eigenvalue weighted by Crippen LogP contribution is -2.38. The lowest BCUT2D eigenvalue weighted by Gasteiger charge is -2.23. The molecule has 0 radical (unpaired) electrons. The number of hydrogen-bond acceptors (Lipinski definition) is 3. The molecule has 0 aromatic heterocycles. The number of nitrogens with zero attached hydrogens (tertiary/aromatic N) is 1. The Labute approximate surface area is 97.4 Å². The third kappa shape index (κ3) is 4.31. The third-order valence-corrected chi connectivity index (χ3v) is 3.18. The van der Waals surface area contributed by atoms with Gasteiger partial charge >= 0.3 is 0 Å². The monoisotopic (exact) mass is 226 g/mol. The highest BCUT2D eigenvalue weighted by atomic mass is 16.2. The molecule has 0 unspecified atom stereocenters. The van der Waals surface area contributed by atoms with Gasteiger partial charge in [0, 0.05) is 13.0 Å². The lowest BCUT2D eigenvalue weighted by molar-refractivity contribution is -0.126. The van der Waals surface area contributed by atoms with Crippen LogP contribution in [0.3, 0.4) is 0 Å². The van der Waals surface area contributed by atoms with Crippen molar-refractivity contribution in [2.24, 2.45) is 5.92 Å². The second kappa shape index (κ2) is 6.63. The maximum Gasteiger partial charge on any atom is 0.233 e. The maximum atomic E-state index is 11.9. The second-order valence-corrected chi connectivity index (χ2v) is 4.65. The molecule has 0 aromatic rings. The number of hydrogen-bond donors (Lipinski definition) is 1. The van der Waals surface area contributed by atoms with Gasteiger partial charge in [-0.25, -0.2) is 0 Å². The molecule has 1 rings (SSSR count). The minimum absolute atomic E-state index is 0.0426. The van der Waals surface area contributed by atoms with Gasteiger partial charge in [-0.05, 0) is 19.9 Å². The van der Waals surface area contributed by atoms with Crippen molar-refractivity contribution in [1.82, 2.24) is 10.2 Å². The molecule has 4 heteroatoms. The van der Waals surface area contributed by atoms with E-state index in [2.05, 4.69) is 5.32 Å². The van der Waals surface area contributed by atoms with E-state index in [0.717, 1.165) is 12.8 Å². The van der Waals surface area contributed by atoms with Crippen LogP contribution in [0, 0.1) is 5.92 Å². The van der Waals surface area contributed by atoms with Gasteiger partial charge in [0.2, 0.25) is 5.91 Å². The quantitative estimate of drug-likeness (QED) is 0.755. The summed E-state index contributed by atoms with van der Waals surface area (Å²) in [6.45, 7) is 0.701. The summed E-state index contributed by atoms with van der Waals surface area (Å²) in [4.78, 5) is 24.8. The summed E-state index contributed by atoms with van der Waals surface area (Å²) < 4.78 is 0. The number of carbonyl (C=O) groups is 2. The first-order valence-corrected chi connectivity index (χ1v) is 6.05. The Morgan fingerprint density at radius 1 is 1.19 bits per heavy atom. The number of nitrogens with one attached hydrogen (secondary N) is 1. The molecule has 0 aliphatic heterocycles. The molecular formula is C12H22N2O2. The van der Waals surface area contributed by atoms with Gasteiger partial charge in [0.1, 0.15) is 5.78 Å². The molecule has 1 N–H and O–H groups in total. The van der Waals surface area contributed by atoms with Crippen LogP contribution in [0.15, 0.2) is 0 Å². The Bertz CT molecular complexity index is 247. The first-order valence-electron chi connectivity index (χ1n) is 6.05. The molecule has 1 fully saturated rings. The molecular weight excluding hydrogens is 204 g/mol. The molecule has 0 bridgehead atoms. The summed E-state index contributed by atoms with van der Waals surface area (Å²) in [5, 5.41) is 2.56. The van der Waals surface area contributed by atoms with Crippen LogP contribution in [0.5, 0.6) is 0 Å². The molecule has 4 nitrogen and oxygen atoms in total. The van der Waals surface area contributed by atoms with Crippen molar-refractivity contribution < 1.29 is 9.59 Å². The zero-order chi connectivity index (χ0) is 12.0. The molecule has 0 spiro atoms. The lowest BCUT2D eigenvalue weighted by atomic mass is 9.86. The van der Waals surface area contributed by atoms with E-state index in [0.29, 0.717) is 18.9 Å². The summed E-state index contributed by atoms with van der Waals surface area (Å²) in [5.74, 6) is 0.492. The van der Waals surface area contributed by atoms with Crippen LogP contribution < -0.4 is 5.32 Å². The molecule has 1 aliphatic carbocycles. The van der Waals surface area contributed by atoms with E-state index < -0.39 is 0 Å². The Morgan fingerprint density at radius 2 is 1.81 bits per heavy atom. The van der Waals surface area contributed by atoms with Crippen LogP contribution in [0.4, 0.5) is 0 Å². The molecule has 0 atom stereocenters. The fourth-order valence-electron chi connectivity index (χ4n) is 2.20. The van der Waals surface area contributed by atoms with Gasteiger partial charge in [0.05, 0.1) is 13.1 Å². The fraction of sp³-hybridized carbons (Fsp3) is 0.833. The Balaban J connectivity index is 2.29. The number of carbonyl (C=O) groups excluding carboxylic acids is 2. The summed E-state index contributed by atoms with van der Waals surface area (Å²) >= 11 is 0. The smallest absolute Gasteiger partial charge is 0.233 e. The number of likely N-dealkylation sites (N-methyl/N-ethyl adjacent to an activating group) is 2. The second-order valence-electron chi connectivity index (χ2n) is 4.65. The van der Waals surface area contributed by atoms with Gasteiger partial charge in [-0.2, -0.15) is 0 Å². The first-order chi connectivity index (χ1) is 7.63. The maximum absolute atomic E-state index is 11.9. The fourth-order valence-corrected chi connectivity index (χ4v) is 2.20. The standard InChI is InChI=1S/C12H22N2O2/c1-13-12(16)9-14(2)8-11(15)10-6-4-3-5-7-10/h10H,3-9H2,1-2H3,(H,13,16). The molecule has 0 aromatic carbocycles. The first kappa shape index (κ1) is 13.2. The van der Waals surface area contributed by atoms with Crippen molar-refractivity contribution in [2.75, 3.05) is 27.2 Å². The summed E-state index contributed by atoms with van der Waals surface area (Å²) in [7, 11) is 3.43. The number of rotatable bonds is 5. The van der Waals surface area contributed by atoms with E-state index in [1.54, 1.807) is 11.9 Å². The number of amides is 1. The molecule has 0 saturated heterocycles. The highest BCUT2D eigenvalue weighted by Crippen LogP contribution is 2.24. The van der Waals surface area contributed by atoms with Gasteiger partial charge in [-0.15, -0.1) is 0 Å². The predicted molar refractivity (Wildman–Crippen MR) is 63.1 cm³/mol. The highest BCUT2D eigenvalue weighted by Gasteiger charge is 2.22. The van der Waals surface area contributed by atoms with E-state index in [1.165, 1.54) is 19.3 Å². The van der Waals surface area contributed by atoms with E-state index in [9.17, 15) is 9.59 Å². The van der Waals surface area contributed by atoms with E-state index >= 15 is 0 Å². The van der Waals surface area contributed by atoms with Gasteiger partial charge in [0.15, 0.2) is 0 Å². The van der Waals surface area contributed by atoms with Crippen LogP contribution in [-0.4, -0.2) is 43.8 Å². The van der Waals surface area contributed by atoms with E-state index in [1.807, 2.05) is 7.05 Å². The van der Waals surface area contributed by atoms with Crippen LogP contribution in [0.2, 0.25) is 0 Å². The average molecular weight is 226 g/mol. The van der Waals surface area contributed by atoms with Crippen LogP contribution in [0.25, 0.3) is 0 Å².